The van der Waals surface area contributed by atoms with Gasteiger partial charge in [-0.3, -0.25) is 9.11 Å². The molecule has 0 aliphatic rings. The van der Waals surface area contributed by atoms with E-state index in [9.17, 15) is 0 Å². The van der Waals surface area contributed by atoms with E-state index in [1.807, 2.05) is 0 Å². The molecule has 0 unspecified atom stereocenters. The molecule has 0 rings (SSSR count). The molecule has 0 spiro atoms. The molecule has 4 nitrogen and oxygen atoms in total. The van der Waals surface area contributed by atoms with Crippen molar-refractivity contribution in [3.8, 4) is 0 Å². The van der Waals surface area contributed by atoms with E-state index in [2.05, 4.69) is 0 Å². The molecule has 0 saturated heterocycles. The van der Waals surface area contributed by atoms with E-state index < -0.39 is 10.4 Å². The predicted octanol–water partition coefficient (Wildman–Crippen LogP) is -0.233. The third-order valence-corrected chi connectivity index (χ3v) is 0. The smallest absolute Gasteiger partial charge is 0.264 e. The average Bonchev–Trinajstić information content (AvgIpc) is 0.722. The van der Waals surface area contributed by atoms with Gasteiger partial charge in [-0.2, -0.15) is 8.42 Å². The van der Waals surface area contributed by atoms with Crippen LogP contribution in [0.5, 0.6) is 0 Å². The first-order valence-electron chi connectivity index (χ1n) is 0.698. The van der Waals surface area contributed by atoms with Gasteiger partial charge >= 0.3 is 10.4 Å². The normalized spacial score (nSPS) is 8.29. The number of hydrogen-bond donors (Lipinski definition) is 2. The summed E-state index contributed by atoms with van der Waals surface area (Å²) in [6.07, 6.45) is 0. The molecule has 0 aliphatic carbocycles. The maximum atomic E-state index is 8.74. The van der Waals surface area contributed by atoms with Crippen molar-refractivity contribution in [2.45, 2.75) is 0 Å². The van der Waals surface area contributed by atoms with Gasteiger partial charge < -0.3 is 0 Å². The molecule has 0 aromatic heterocycles. The van der Waals surface area contributed by atoms with Crippen molar-refractivity contribution in [2.75, 3.05) is 0 Å². The summed E-state index contributed by atoms with van der Waals surface area (Å²) in [4.78, 5) is 0. The van der Waals surface area contributed by atoms with Crippen LogP contribution in [-0.4, -0.2) is 17.5 Å². The Hall–Kier alpha value is 0.679. The summed E-state index contributed by atoms with van der Waals surface area (Å²) in [5.74, 6) is 0. The van der Waals surface area contributed by atoms with Crippen molar-refractivity contribution in [3.05, 3.63) is 0 Å². The quantitative estimate of drug-likeness (QED) is 0.408. The third-order valence-electron chi connectivity index (χ3n) is 0. The van der Waals surface area contributed by atoms with Gasteiger partial charge in [0.05, 0.1) is 0 Å². The van der Waals surface area contributed by atoms with Crippen LogP contribution in [0.2, 0.25) is 0 Å². The predicted molar refractivity (Wildman–Crippen MR) is 21.4 cm³/mol. The van der Waals surface area contributed by atoms with Crippen molar-refractivity contribution < 1.29 is 34.6 Å². The monoisotopic (exact) mass is 189 g/mol. The molecule has 0 aromatic rings. The Kier molecular flexibility index (Phi) is 10.8. The van der Waals surface area contributed by atoms with Crippen molar-refractivity contribution in [2.24, 2.45) is 0 Å². The molecule has 0 fully saturated rings. The topological polar surface area (TPSA) is 74.6 Å². The second-order valence-electron chi connectivity index (χ2n) is 0.448. The Morgan fingerprint density at radius 2 is 1.14 bits per heavy atom. The van der Waals surface area contributed by atoms with Crippen LogP contribution in [0.3, 0.4) is 0 Å². The first-order chi connectivity index (χ1) is 2.00. The van der Waals surface area contributed by atoms with Gasteiger partial charge in [-0.15, -0.1) is 12.4 Å². The Balaban J connectivity index is -0.0000000800. The van der Waals surface area contributed by atoms with Gasteiger partial charge in [-0.05, 0) is 0 Å². The molecule has 2 N–H and O–H groups in total. The minimum Gasteiger partial charge on any atom is -0.264 e. The Labute approximate surface area is 57.8 Å². The van der Waals surface area contributed by atoms with Gasteiger partial charge in [-0.25, -0.2) is 0 Å². The van der Waals surface area contributed by atoms with Crippen LogP contribution in [0.4, 0.5) is 0 Å². The van der Waals surface area contributed by atoms with Gasteiger partial charge in [-0.1, -0.05) is 0 Å². The zero-order valence-corrected chi connectivity index (χ0v) is 5.72. The molecule has 7 heavy (non-hydrogen) atoms. The largest absolute Gasteiger partial charge is 0.394 e. The maximum Gasteiger partial charge on any atom is 0.394 e. The maximum absolute atomic E-state index is 8.74. The van der Waals surface area contributed by atoms with Crippen molar-refractivity contribution in [3.63, 3.8) is 0 Å². The molecule has 0 aliphatic heterocycles. The van der Waals surface area contributed by atoms with Crippen molar-refractivity contribution in [1.82, 2.24) is 0 Å². The van der Waals surface area contributed by atoms with E-state index in [1.54, 1.807) is 0 Å². The molecule has 0 aromatic carbocycles. The van der Waals surface area contributed by atoms with E-state index in [0.29, 0.717) is 0 Å². The Morgan fingerprint density at radius 1 is 1.14 bits per heavy atom. The SMILES string of the molecule is Cl.O=S(=O)(O)O.[Mn]. The van der Waals surface area contributed by atoms with E-state index >= 15 is 0 Å². The van der Waals surface area contributed by atoms with Gasteiger partial charge in [0, 0.05) is 17.1 Å². The summed E-state index contributed by atoms with van der Waals surface area (Å²) >= 11 is 0. The minimum atomic E-state index is -4.67. The average molecular weight is 189 g/mol. The second-order valence-corrected chi connectivity index (χ2v) is 1.34. The minimum absolute atomic E-state index is 0. The van der Waals surface area contributed by atoms with E-state index in [1.165, 1.54) is 0 Å². The first-order valence-corrected chi connectivity index (χ1v) is 2.10. The number of rotatable bonds is 0. The molecule has 0 heterocycles. The van der Waals surface area contributed by atoms with Crippen LogP contribution in [0, 0.1) is 0 Å². The standard InChI is InChI=1S/ClH.Mn.H2O4S/c;;1-5(2,3)4/h1H;;(H2,1,2,3,4). The molecule has 0 atom stereocenters. The summed E-state index contributed by atoms with van der Waals surface area (Å²) in [5, 5.41) is 0. The fourth-order valence-corrected chi connectivity index (χ4v) is 0. The van der Waals surface area contributed by atoms with E-state index in [0.717, 1.165) is 0 Å². The van der Waals surface area contributed by atoms with Gasteiger partial charge in [0.1, 0.15) is 0 Å². The number of hydrogen-bond acceptors (Lipinski definition) is 2. The zero-order chi connectivity index (χ0) is 4.50. The third kappa shape index (κ3) is 317. The van der Waals surface area contributed by atoms with Crippen LogP contribution in [0.15, 0.2) is 0 Å². The molecule has 0 bridgehead atoms. The zero-order valence-electron chi connectivity index (χ0n) is 2.91. The van der Waals surface area contributed by atoms with E-state index in [-0.39, 0.29) is 29.5 Å². The number of halogens is 1. The molecular weight excluding hydrogens is 186 g/mol. The molecule has 7 heteroatoms. The Morgan fingerprint density at radius 3 is 1.14 bits per heavy atom. The summed E-state index contributed by atoms with van der Waals surface area (Å²) in [5.41, 5.74) is 0. The summed E-state index contributed by atoms with van der Waals surface area (Å²) < 4.78 is 31.6. The van der Waals surface area contributed by atoms with Crippen molar-refractivity contribution >= 4 is 22.8 Å². The van der Waals surface area contributed by atoms with Crippen LogP contribution in [0.1, 0.15) is 0 Å². The fourth-order valence-electron chi connectivity index (χ4n) is 0. The molecular formula is H3ClMnO4S. The van der Waals surface area contributed by atoms with Crippen LogP contribution in [-0.2, 0) is 27.5 Å². The Bertz CT molecular complexity index is 94.9. The van der Waals surface area contributed by atoms with Crippen LogP contribution >= 0.6 is 12.4 Å². The van der Waals surface area contributed by atoms with Gasteiger partial charge in [0.2, 0.25) is 0 Å². The van der Waals surface area contributed by atoms with E-state index in [4.69, 9.17) is 17.5 Å². The molecule has 0 amide bonds. The van der Waals surface area contributed by atoms with Crippen LogP contribution in [0.25, 0.3) is 0 Å². The van der Waals surface area contributed by atoms with Crippen molar-refractivity contribution in [1.29, 1.82) is 0 Å². The summed E-state index contributed by atoms with van der Waals surface area (Å²) in [6.45, 7) is 0. The summed E-state index contributed by atoms with van der Waals surface area (Å²) in [7, 11) is -4.67. The fraction of sp³-hybridized carbons (Fsp3) is 0. The molecule has 0 saturated carbocycles. The van der Waals surface area contributed by atoms with Gasteiger partial charge in [0.15, 0.2) is 0 Å². The first kappa shape index (κ1) is 15.6. The second kappa shape index (κ2) is 4.83. The molecule has 1 radical (unpaired) electrons. The van der Waals surface area contributed by atoms with Gasteiger partial charge in [0.25, 0.3) is 0 Å². The summed E-state index contributed by atoms with van der Waals surface area (Å²) in [6, 6.07) is 0. The van der Waals surface area contributed by atoms with Crippen LogP contribution < -0.4 is 0 Å². The molecule has 47 valence electrons.